The van der Waals surface area contributed by atoms with Crippen LogP contribution in [0, 0.1) is 0 Å². The molecule has 7 heteroatoms. The summed E-state index contributed by atoms with van der Waals surface area (Å²) in [5, 5.41) is 6.93. The lowest BCUT2D eigenvalue weighted by Gasteiger charge is -2.09. The van der Waals surface area contributed by atoms with Crippen LogP contribution in [0.2, 0.25) is 0 Å². The fourth-order valence-electron chi connectivity index (χ4n) is 3.55. The van der Waals surface area contributed by atoms with Crippen molar-refractivity contribution in [2.45, 2.75) is 32.8 Å². The zero-order valence-electron chi connectivity index (χ0n) is 19.3. The van der Waals surface area contributed by atoms with Gasteiger partial charge in [-0.3, -0.25) is 4.79 Å². The molecule has 4 aromatic rings. The second-order valence-corrected chi connectivity index (χ2v) is 7.81. The molecule has 4 rings (SSSR count). The van der Waals surface area contributed by atoms with Crippen LogP contribution in [0.25, 0.3) is 11.4 Å². The van der Waals surface area contributed by atoms with Gasteiger partial charge in [-0.05, 0) is 54.4 Å². The molecule has 0 saturated carbocycles. The first-order valence-electron chi connectivity index (χ1n) is 11.2. The van der Waals surface area contributed by atoms with E-state index in [1.54, 1.807) is 19.2 Å². The fraction of sp³-hybridized carbons (Fsp3) is 0.222. The lowest BCUT2D eigenvalue weighted by molar-refractivity contribution is -0.115. The minimum atomic E-state index is -0.126. The Morgan fingerprint density at radius 1 is 1.00 bits per heavy atom. The maximum Gasteiger partial charge on any atom is 0.264 e. The lowest BCUT2D eigenvalue weighted by atomic mass is 10.1. The van der Waals surface area contributed by atoms with Crippen LogP contribution in [0.3, 0.4) is 0 Å². The van der Waals surface area contributed by atoms with E-state index in [4.69, 9.17) is 14.0 Å². The van der Waals surface area contributed by atoms with Crippen molar-refractivity contribution in [3.8, 4) is 22.9 Å². The molecule has 0 unspecified atom stereocenters. The molecule has 34 heavy (non-hydrogen) atoms. The van der Waals surface area contributed by atoms with Crippen molar-refractivity contribution in [2.24, 2.45) is 0 Å². The van der Waals surface area contributed by atoms with E-state index in [1.165, 1.54) is 5.56 Å². The average Bonchev–Trinajstić information content (AvgIpc) is 3.34. The van der Waals surface area contributed by atoms with Gasteiger partial charge in [-0.25, -0.2) is 0 Å². The Kier molecular flexibility index (Phi) is 7.55. The molecule has 0 spiro atoms. The van der Waals surface area contributed by atoms with Gasteiger partial charge >= 0.3 is 0 Å². The quantitative estimate of drug-likeness (QED) is 0.340. The van der Waals surface area contributed by atoms with E-state index >= 15 is 0 Å². The Hall–Kier alpha value is -4.13. The summed E-state index contributed by atoms with van der Waals surface area (Å²) in [4.78, 5) is 16.8. The highest BCUT2D eigenvalue weighted by Gasteiger charge is 2.11. The van der Waals surface area contributed by atoms with Crippen LogP contribution in [-0.2, 0) is 24.2 Å². The number of carbonyl (C=O) groups excluding carboxylic acids is 1. The Labute approximate surface area is 198 Å². The molecule has 0 atom stereocenters. The molecule has 7 nitrogen and oxygen atoms in total. The van der Waals surface area contributed by atoms with Crippen LogP contribution in [0.4, 0.5) is 5.69 Å². The highest BCUT2D eigenvalue weighted by molar-refractivity contribution is 5.92. The number of nitrogens with one attached hydrogen (secondary N) is 1. The van der Waals surface area contributed by atoms with Gasteiger partial charge in [0.2, 0.25) is 11.7 Å². The smallest absolute Gasteiger partial charge is 0.264 e. The third-order valence-corrected chi connectivity index (χ3v) is 5.26. The summed E-state index contributed by atoms with van der Waals surface area (Å²) < 4.78 is 16.4. The molecule has 3 aromatic carbocycles. The highest BCUT2D eigenvalue weighted by atomic mass is 16.5. The minimum Gasteiger partial charge on any atom is -0.496 e. The van der Waals surface area contributed by atoms with Gasteiger partial charge in [0.05, 0.1) is 13.5 Å². The maximum atomic E-state index is 12.4. The zero-order chi connectivity index (χ0) is 23.8. The number of amides is 1. The molecule has 0 radical (unpaired) electrons. The average molecular weight is 458 g/mol. The number of aromatic nitrogens is 2. The molecule has 1 N–H and O–H groups in total. The maximum absolute atomic E-state index is 12.4. The van der Waals surface area contributed by atoms with Gasteiger partial charge in [-0.1, -0.05) is 48.8 Å². The first-order chi connectivity index (χ1) is 16.6. The summed E-state index contributed by atoms with van der Waals surface area (Å²) in [6, 6.07) is 22.8. The standard InChI is InChI=1S/C27H27N3O4/c1-3-6-19-9-15-23(16-10-19)33-18-26-29-27(30-34-26)20-11-13-22(14-12-20)28-25(31)17-21-7-4-5-8-24(21)32-2/h4-5,7-16H,3,6,17-18H2,1-2H3,(H,28,31). The fourth-order valence-corrected chi connectivity index (χ4v) is 3.55. The summed E-state index contributed by atoms with van der Waals surface area (Å²) in [5.74, 6) is 2.18. The normalized spacial score (nSPS) is 10.6. The number of anilines is 1. The molecule has 1 heterocycles. The molecular weight excluding hydrogens is 430 g/mol. The first-order valence-corrected chi connectivity index (χ1v) is 11.2. The zero-order valence-corrected chi connectivity index (χ0v) is 19.3. The van der Waals surface area contributed by atoms with Crippen LogP contribution in [0.5, 0.6) is 11.5 Å². The summed E-state index contributed by atoms with van der Waals surface area (Å²) >= 11 is 0. The van der Waals surface area contributed by atoms with E-state index < -0.39 is 0 Å². The second-order valence-electron chi connectivity index (χ2n) is 7.81. The van der Waals surface area contributed by atoms with Crippen molar-refractivity contribution in [1.29, 1.82) is 0 Å². The van der Waals surface area contributed by atoms with E-state index in [1.807, 2.05) is 48.5 Å². The number of methoxy groups -OCH3 is 1. The molecule has 0 saturated heterocycles. The third kappa shape index (κ3) is 6.01. The number of carbonyl (C=O) groups is 1. The van der Waals surface area contributed by atoms with Crippen molar-refractivity contribution >= 4 is 11.6 Å². The summed E-state index contributed by atoms with van der Waals surface area (Å²) in [6.07, 6.45) is 2.39. The Morgan fingerprint density at radius 3 is 2.50 bits per heavy atom. The largest absolute Gasteiger partial charge is 0.496 e. The molecule has 174 valence electrons. The van der Waals surface area contributed by atoms with Crippen molar-refractivity contribution in [2.75, 3.05) is 12.4 Å². The number of nitrogens with zero attached hydrogens (tertiary/aromatic N) is 2. The van der Waals surface area contributed by atoms with E-state index in [-0.39, 0.29) is 18.9 Å². The Bertz CT molecular complexity index is 1220. The van der Waals surface area contributed by atoms with Crippen LogP contribution in [0.15, 0.2) is 77.3 Å². The Morgan fingerprint density at radius 2 is 1.76 bits per heavy atom. The predicted molar refractivity (Wildman–Crippen MR) is 130 cm³/mol. The van der Waals surface area contributed by atoms with Gasteiger partial charge in [0.15, 0.2) is 6.61 Å². The lowest BCUT2D eigenvalue weighted by Crippen LogP contribution is -2.14. The van der Waals surface area contributed by atoms with Crippen LogP contribution < -0.4 is 14.8 Å². The van der Waals surface area contributed by atoms with Crippen LogP contribution >= 0.6 is 0 Å². The van der Waals surface area contributed by atoms with E-state index in [9.17, 15) is 4.79 Å². The first kappa shape index (κ1) is 23.0. The van der Waals surface area contributed by atoms with Crippen molar-refractivity contribution in [3.05, 3.63) is 89.8 Å². The third-order valence-electron chi connectivity index (χ3n) is 5.26. The van der Waals surface area contributed by atoms with E-state index in [2.05, 4.69) is 34.5 Å². The molecular formula is C27H27N3O4. The summed E-state index contributed by atoms with van der Waals surface area (Å²) in [5.41, 5.74) is 3.58. The van der Waals surface area contributed by atoms with Crippen molar-refractivity contribution in [3.63, 3.8) is 0 Å². The Balaban J connectivity index is 1.32. The molecule has 0 fully saturated rings. The van der Waals surface area contributed by atoms with Gasteiger partial charge < -0.3 is 19.3 Å². The highest BCUT2D eigenvalue weighted by Crippen LogP contribution is 2.21. The van der Waals surface area contributed by atoms with Gasteiger partial charge in [0.1, 0.15) is 11.5 Å². The summed E-state index contributed by atoms with van der Waals surface area (Å²) in [7, 11) is 1.59. The minimum absolute atomic E-state index is 0.126. The SMILES string of the molecule is CCCc1ccc(OCc2nc(-c3ccc(NC(=O)Cc4ccccc4OC)cc3)no2)cc1. The number of benzene rings is 3. The van der Waals surface area contributed by atoms with Crippen LogP contribution in [-0.4, -0.2) is 23.2 Å². The molecule has 0 aliphatic heterocycles. The van der Waals surface area contributed by atoms with Gasteiger partial charge in [-0.15, -0.1) is 0 Å². The number of rotatable bonds is 10. The summed E-state index contributed by atoms with van der Waals surface area (Å²) in [6.45, 7) is 2.35. The van der Waals surface area contributed by atoms with Gasteiger partial charge in [0.25, 0.3) is 5.89 Å². The van der Waals surface area contributed by atoms with E-state index in [0.717, 1.165) is 29.7 Å². The number of hydrogen-bond donors (Lipinski definition) is 1. The van der Waals surface area contributed by atoms with Gasteiger partial charge in [-0.2, -0.15) is 4.98 Å². The van der Waals surface area contributed by atoms with Crippen molar-refractivity contribution in [1.82, 2.24) is 10.1 Å². The number of ether oxygens (including phenoxy) is 2. The molecule has 0 bridgehead atoms. The second kappa shape index (κ2) is 11.1. The number of para-hydroxylation sites is 1. The van der Waals surface area contributed by atoms with Crippen molar-refractivity contribution < 1.29 is 18.8 Å². The molecule has 1 aromatic heterocycles. The monoisotopic (exact) mass is 457 g/mol. The molecule has 0 aliphatic carbocycles. The molecule has 1 amide bonds. The number of aryl methyl sites for hydroxylation is 1. The predicted octanol–water partition coefficient (Wildman–Crippen LogP) is 5.46. The van der Waals surface area contributed by atoms with Crippen LogP contribution in [0.1, 0.15) is 30.4 Å². The number of hydrogen-bond acceptors (Lipinski definition) is 6. The molecule has 0 aliphatic rings. The van der Waals surface area contributed by atoms with Gasteiger partial charge in [0, 0.05) is 16.8 Å². The van der Waals surface area contributed by atoms with E-state index in [0.29, 0.717) is 23.2 Å². The topological polar surface area (TPSA) is 86.5 Å².